The number of rotatable bonds is 31. The summed E-state index contributed by atoms with van der Waals surface area (Å²) >= 11 is 0. The van der Waals surface area contributed by atoms with E-state index in [1.54, 1.807) is 13.8 Å². The van der Waals surface area contributed by atoms with Crippen molar-refractivity contribution in [2.45, 2.75) is 472 Å². The van der Waals surface area contributed by atoms with Gasteiger partial charge in [-0.2, -0.15) is 4.98 Å². The van der Waals surface area contributed by atoms with E-state index >= 15 is 0 Å². The molecule has 109 heavy (non-hydrogen) atoms. The van der Waals surface area contributed by atoms with Gasteiger partial charge in [0.2, 0.25) is 5.82 Å². The fourth-order valence-electron chi connectivity index (χ4n) is 21.5. The number of Topliss-reactive ketones (excluding diaryl/α,β-unsaturated/α-hetero) is 1. The first-order valence-corrected chi connectivity index (χ1v) is 43.8. The molecule has 6 aliphatic rings. The number of likely N-dealkylation sites (tertiary alicyclic amines) is 2. The molecule has 5 N–H and O–H groups in total. The van der Waals surface area contributed by atoms with Gasteiger partial charge < -0.3 is 50.5 Å². The molecule has 6 fully saturated rings. The van der Waals surface area contributed by atoms with Crippen LogP contribution in [0.3, 0.4) is 0 Å². The number of hydrogen-bond donors (Lipinski definition) is 5. The summed E-state index contributed by atoms with van der Waals surface area (Å²) in [6, 6.07) is 2.06. The smallest absolute Gasteiger partial charge is 0.319 e. The van der Waals surface area contributed by atoms with Crippen molar-refractivity contribution in [1.82, 2.24) is 56.0 Å². The molecule has 0 amide bonds. The Morgan fingerprint density at radius 2 is 0.835 bits per heavy atom. The predicted molar refractivity (Wildman–Crippen MR) is 460 cm³/mol. The molecular weight excluding hydrogens is 1360 g/mol. The van der Waals surface area contributed by atoms with Crippen LogP contribution in [0.4, 0.5) is 5.95 Å². The van der Waals surface area contributed by atoms with E-state index in [4.69, 9.17) is 29.8 Å². The maximum Gasteiger partial charge on any atom is 0.319 e. The molecule has 7 heterocycles. The van der Waals surface area contributed by atoms with E-state index < -0.39 is 5.41 Å². The Hall–Kier alpha value is -2.98. The number of methoxy groups -OCH3 is 1. The second-order valence-corrected chi connectivity index (χ2v) is 42.7. The van der Waals surface area contributed by atoms with Gasteiger partial charge in [0, 0.05) is 138 Å². The summed E-state index contributed by atoms with van der Waals surface area (Å²) in [7, 11) is 6.42. The number of nitrogens with one attached hydrogen (secondary N) is 4. The Balaban J connectivity index is 0.000000384. The van der Waals surface area contributed by atoms with Crippen LogP contribution >= 0.6 is 0 Å². The van der Waals surface area contributed by atoms with E-state index in [-0.39, 0.29) is 90.9 Å². The molecule has 19 heteroatoms. The van der Waals surface area contributed by atoms with Crippen molar-refractivity contribution in [2.24, 2.45) is 5.41 Å². The number of aliphatic hydroxyl groups is 1. The lowest BCUT2D eigenvalue weighted by Gasteiger charge is -2.55. The average molecular weight is 1540 g/mol. The first kappa shape index (κ1) is 98.4. The quantitative estimate of drug-likeness (QED) is 0.0155. The second-order valence-electron chi connectivity index (χ2n) is 42.7. The van der Waals surface area contributed by atoms with Crippen LogP contribution < -0.4 is 36.1 Å². The van der Waals surface area contributed by atoms with Crippen molar-refractivity contribution in [1.29, 1.82) is 0 Å². The van der Waals surface area contributed by atoms with Crippen molar-refractivity contribution < 1.29 is 29.1 Å². The van der Waals surface area contributed by atoms with E-state index in [1.165, 1.54) is 51.5 Å². The van der Waals surface area contributed by atoms with Gasteiger partial charge in [0.1, 0.15) is 17.3 Å². The number of carbonyl (C=O) groups is 2. The Kier molecular flexibility index (Phi) is 36.3. The minimum atomic E-state index is -1.00. The highest BCUT2D eigenvalue weighted by Crippen LogP contribution is 2.44. The number of ether oxygens (including phenoxy) is 2. The van der Waals surface area contributed by atoms with Gasteiger partial charge in [0.25, 0.3) is 5.95 Å². The maximum atomic E-state index is 13.7. The highest BCUT2D eigenvalue weighted by Gasteiger charge is 2.52. The summed E-state index contributed by atoms with van der Waals surface area (Å²) in [5.74, 6) is 1.30. The van der Waals surface area contributed by atoms with Crippen molar-refractivity contribution in [3.8, 4) is 0 Å². The average Bonchev–Trinajstić information content (AvgIpc) is 0.779. The molecule has 0 spiro atoms. The molecule has 0 unspecified atom stereocenters. The van der Waals surface area contributed by atoms with Gasteiger partial charge in [0.15, 0.2) is 4.91 Å². The molecule has 0 bridgehead atoms. The number of nitrogens with zero attached hydrogens (tertiary/aromatic N) is 10. The van der Waals surface area contributed by atoms with Gasteiger partial charge in [-0.05, 0) is 304 Å². The molecule has 0 saturated carbocycles. The molecule has 19 nitrogen and oxygen atoms in total. The third kappa shape index (κ3) is 30.5. The van der Waals surface area contributed by atoms with Crippen LogP contribution in [-0.2, 0) is 19.1 Å². The molecule has 6 aliphatic heterocycles. The standard InChI is InChI=1S/C41H81N10.C35H64N2O4.C12H26N2.C2H6O/c1-16-17-24-50(34-29-40(11,12)47-41(13,14)30-34)51-43-31(2)42-35(44-51)49(33-27-38(7,8)46-39(9,10)28-33)23-21-19-18-20-22-48(15)32-25-36(3,4)45-37(5,6)26-32;1-13-15-19-35(27(3)38,20-16-14-2)30(39)41-29-25-33(8,9)37(34(10,11)26-29)22-18-17-21-36-31(4,5)23-28(40-12)24-32(36,6)7;1-7-14(6)10-8-11(2,3)13-12(4,5)9-10;1-2-3/h32-34,45-47H,16-30H2,1-15H3;17-18,28-29H,13-16,19-26H2,1-12H3;10,13H,7-9H2,1-6H3;3H,2H2,1H3/q+1;;;. The zero-order valence-corrected chi connectivity index (χ0v) is 77.6. The largest absolute Gasteiger partial charge is 0.461 e. The number of hydrogen-bond acceptors (Lipinski definition) is 18. The number of aliphatic hydroxyl groups excluding tert-OH is 1. The van der Waals surface area contributed by atoms with Gasteiger partial charge in [-0.1, -0.05) is 84.8 Å². The van der Waals surface area contributed by atoms with E-state index in [1.807, 2.05) is 18.9 Å². The van der Waals surface area contributed by atoms with Crippen LogP contribution in [-0.4, -0.2) is 222 Å². The molecule has 1 aromatic heterocycles. The van der Waals surface area contributed by atoms with Gasteiger partial charge in [-0.15, -0.1) is 5.01 Å². The van der Waals surface area contributed by atoms with Crippen LogP contribution in [0.2, 0.25) is 0 Å². The van der Waals surface area contributed by atoms with Crippen molar-refractivity contribution in [2.75, 3.05) is 77.0 Å². The number of aryl methyl sites for hydroxylation is 1. The molecule has 0 aromatic carbocycles. The van der Waals surface area contributed by atoms with Crippen LogP contribution in [0.25, 0.3) is 0 Å². The Morgan fingerprint density at radius 3 is 1.19 bits per heavy atom. The highest BCUT2D eigenvalue weighted by molar-refractivity contribution is 6.02. The SMILES string of the molecule is CCCCC(CCCC)(C(C)=O)C(=O)OC1CC(C)(C)N(CC=CCN2C(C)(C)CC(OC)CC2(C)C)C(C)(C)C1.CCCCN(C1CC(C)(C)NC(C)(C)C1)[n+]1nc(C)nc(N(CCCCCCN(C)C2CC(C)(C)NC(C)(C)C2)C2CC(C)(C)NC(C)(C)C2)n1.CCN(C)C1CC(C)(C)NC(C)(C)C1.CCO. The zero-order chi connectivity index (χ0) is 83.0. The van der Waals surface area contributed by atoms with Crippen LogP contribution in [0.15, 0.2) is 12.2 Å². The van der Waals surface area contributed by atoms with Crippen LogP contribution in [0.5, 0.6) is 0 Å². The Bertz CT molecular complexity index is 2830. The zero-order valence-electron chi connectivity index (χ0n) is 77.6. The molecular formula is C90H177N14O5+. The third-order valence-corrected chi connectivity index (χ3v) is 25.0. The molecule has 7 rings (SSSR count). The first-order valence-electron chi connectivity index (χ1n) is 43.8. The normalized spacial score (nSPS) is 23.9. The van der Waals surface area contributed by atoms with Crippen molar-refractivity contribution in [3.63, 3.8) is 0 Å². The number of ketones is 1. The summed E-state index contributed by atoms with van der Waals surface area (Å²) in [6.07, 6.45) is 29.4. The number of carbonyl (C=O) groups excluding carboxylic acids is 2. The second kappa shape index (κ2) is 40.3. The summed E-state index contributed by atoms with van der Waals surface area (Å²) in [6.45, 7) is 76.1. The van der Waals surface area contributed by atoms with Crippen LogP contribution in [0.1, 0.15) is 368 Å². The highest BCUT2D eigenvalue weighted by atomic mass is 16.5. The predicted octanol–water partition coefficient (Wildman–Crippen LogP) is 16.4. The fourth-order valence-corrected chi connectivity index (χ4v) is 21.5. The van der Waals surface area contributed by atoms with Crippen molar-refractivity contribution >= 4 is 17.7 Å². The van der Waals surface area contributed by atoms with Gasteiger partial charge in [-0.25, -0.2) is 0 Å². The topological polar surface area (TPSA) is 183 Å². The summed E-state index contributed by atoms with van der Waals surface area (Å²) in [4.78, 5) is 46.5. The number of anilines is 1. The molecule has 0 aliphatic carbocycles. The number of unbranched alkanes of at least 4 members (excludes halogenated alkanes) is 6. The first-order chi connectivity index (χ1) is 49.9. The van der Waals surface area contributed by atoms with E-state index in [9.17, 15) is 9.59 Å². The third-order valence-electron chi connectivity index (χ3n) is 25.0. The minimum absolute atomic E-state index is 0.0322. The Labute approximate surface area is 671 Å². The van der Waals surface area contributed by atoms with Crippen LogP contribution in [0, 0.1) is 12.3 Å². The number of piperidine rings is 6. The molecule has 0 atom stereocenters. The van der Waals surface area contributed by atoms with Crippen molar-refractivity contribution in [3.05, 3.63) is 18.0 Å². The van der Waals surface area contributed by atoms with Gasteiger partial charge in [-0.3, -0.25) is 19.4 Å². The minimum Gasteiger partial charge on any atom is -0.461 e. The lowest BCUT2D eigenvalue weighted by atomic mass is 9.74. The summed E-state index contributed by atoms with van der Waals surface area (Å²) in [5, 5.41) is 35.7. The van der Waals surface area contributed by atoms with Gasteiger partial charge >= 0.3 is 5.97 Å². The van der Waals surface area contributed by atoms with E-state index in [0.29, 0.717) is 37.1 Å². The monoisotopic (exact) mass is 1530 g/mol. The molecule has 6 saturated heterocycles. The summed E-state index contributed by atoms with van der Waals surface area (Å²) < 4.78 is 12.0. The van der Waals surface area contributed by atoms with Gasteiger partial charge in [0.05, 0.1) is 28.9 Å². The molecule has 1 aromatic rings. The fraction of sp³-hybridized carbons (Fsp3) is 0.933. The molecule has 0 radical (unpaired) electrons. The van der Waals surface area contributed by atoms with E-state index in [2.05, 4.69) is 271 Å². The number of aromatic nitrogens is 4. The Morgan fingerprint density at radius 1 is 0.486 bits per heavy atom. The molecule has 636 valence electrons. The lowest BCUT2D eigenvalue weighted by Crippen LogP contribution is -2.72. The van der Waals surface area contributed by atoms with E-state index in [0.717, 1.165) is 147 Å². The maximum absolute atomic E-state index is 13.7. The number of esters is 1. The summed E-state index contributed by atoms with van der Waals surface area (Å²) in [5.41, 5.74) is -0.126. The lowest BCUT2D eigenvalue weighted by molar-refractivity contribution is -0.807.